The molecule has 0 spiro atoms. The molecule has 0 saturated carbocycles. The van der Waals surface area contributed by atoms with Crippen LogP contribution in [0.2, 0.25) is 0 Å². The van der Waals surface area contributed by atoms with Gasteiger partial charge in [-0.05, 0) is 37.8 Å². The van der Waals surface area contributed by atoms with Crippen molar-refractivity contribution in [1.29, 1.82) is 0 Å². The van der Waals surface area contributed by atoms with Gasteiger partial charge in [0.2, 0.25) is 0 Å². The number of carbonyl (C=O) groups is 1. The Morgan fingerprint density at radius 2 is 2.05 bits per heavy atom. The van der Waals surface area contributed by atoms with Crippen LogP contribution in [-0.4, -0.2) is 41.4 Å². The Morgan fingerprint density at radius 3 is 2.52 bits per heavy atom. The van der Waals surface area contributed by atoms with E-state index in [0.717, 1.165) is 9.88 Å². The molecule has 1 unspecified atom stereocenters. The van der Waals surface area contributed by atoms with Crippen molar-refractivity contribution >= 4 is 22.4 Å². The lowest BCUT2D eigenvalue weighted by Gasteiger charge is -2.34. The molecule has 1 saturated heterocycles. The third-order valence-electron chi connectivity index (χ3n) is 3.58. The maximum atomic E-state index is 12.4. The zero-order valence-corrected chi connectivity index (χ0v) is 12.3. The molecule has 1 aromatic rings. The Balaban J connectivity index is 1.85. The van der Waals surface area contributed by atoms with E-state index in [1.807, 2.05) is 13.0 Å². The van der Waals surface area contributed by atoms with E-state index in [-0.39, 0.29) is 32.0 Å². The molecule has 2 N–H and O–H groups in total. The summed E-state index contributed by atoms with van der Waals surface area (Å²) >= 11 is 1.44. The summed E-state index contributed by atoms with van der Waals surface area (Å²) in [5, 5.41) is 12.7. The van der Waals surface area contributed by atoms with Gasteiger partial charge in [0.1, 0.15) is 0 Å². The maximum absolute atomic E-state index is 12.4. The number of nitrogens with zero attached hydrogens (tertiary/aromatic N) is 1. The number of carbonyl (C=O) groups excluding carboxylic acids is 1. The molecule has 1 aromatic heterocycles. The van der Waals surface area contributed by atoms with Crippen molar-refractivity contribution in [3.63, 3.8) is 0 Å². The number of amides is 2. The van der Waals surface area contributed by atoms with Crippen LogP contribution < -0.4 is 5.32 Å². The van der Waals surface area contributed by atoms with Crippen molar-refractivity contribution in [2.24, 2.45) is 5.92 Å². The molecule has 1 aliphatic heterocycles. The molecule has 21 heavy (non-hydrogen) atoms. The van der Waals surface area contributed by atoms with Crippen LogP contribution in [0.15, 0.2) is 12.1 Å². The van der Waals surface area contributed by atoms with Crippen LogP contribution in [0.25, 0.3) is 0 Å². The highest BCUT2D eigenvalue weighted by atomic mass is 32.1. The molecule has 2 heterocycles. The summed E-state index contributed by atoms with van der Waals surface area (Å²) < 4.78 is 37.3. The summed E-state index contributed by atoms with van der Waals surface area (Å²) in [4.78, 5) is 14.5. The van der Waals surface area contributed by atoms with Crippen molar-refractivity contribution in [2.75, 3.05) is 18.4 Å². The minimum atomic E-state index is -4.59. The van der Waals surface area contributed by atoms with Crippen molar-refractivity contribution in [3.05, 3.63) is 17.0 Å². The molecule has 0 aromatic carbocycles. The number of hydrogen-bond donors (Lipinski definition) is 2. The molecule has 4 nitrogen and oxygen atoms in total. The maximum Gasteiger partial charge on any atom is 0.414 e. The summed E-state index contributed by atoms with van der Waals surface area (Å²) in [6, 6.07) is 3.36. The number of aliphatic hydroxyl groups excluding tert-OH is 1. The van der Waals surface area contributed by atoms with Gasteiger partial charge in [-0.25, -0.2) is 4.79 Å². The fourth-order valence-electron chi connectivity index (χ4n) is 2.37. The highest BCUT2D eigenvalue weighted by molar-refractivity contribution is 7.16. The van der Waals surface area contributed by atoms with Crippen LogP contribution in [0.1, 0.15) is 17.7 Å². The minimum Gasteiger partial charge on any atom is -0.383 e. The fourth-order valence-corrected chi connectivity index (χ4v) is 3.13. The van der Waals surface area contributed by atoms with Crippen LogP contribution in [-0.2, 0) is 0 Å². The first-order chi connectivity index (χ1) is 9.77. The Kier molecular flexibility index (Phi) is 4.77. The summed E-state index contributed by atoms with van der Waals surface area (Å²) in [6.45, 7) is 2.35. The van der Waals surface area contributed by atoms with Crippen molar-refractivity contribution in [1.82, 2.24) is 4.90 Å². The van der Waals surface area contributed by atoms with Crippen LogP contribution in [0.3, 0.4) is 0 Å². The number of anilines is 1. The average molecular weight is 322 g/mol. The number of rotatable bonds is 2. The SMILES string of the molecule is Cc1ccc(NC(=O)N2CCC(C(O)C(F)(F)F)CC2)s1. The smallest absolute Gasteiger partial charge is 0.383 e. The van der Waals surface area contributed by atoms with Gasteiger partial charge in [0.15, 0.2) is 6.10 Å². The third kappa shape index (κ3) is 4.10. The number of aryl methyl sites for hydroxylation is 1. The number of piperidine rings is 1. The molecular formula is C13H17F3N2O2S. The molecule has 2 amide bonds. The number of thiophene rings is 1. The normalized spacial score (nSPS) is 18.6. The second-order valence-electron chi connectivity index (χ2n) is 5.15. The fraction of sp³-hybridized carbons (Fsp3) is 0.615. The summed E-state index contributed by atoms with van der Waals surface area (Å²) in [6.07, 6.45) is -6.60. The zero-order chi connectivity index (χ0) is 15.6. The van der Waals surface area contributed by atoms with E-state index >= 15 is 0 Å². The number of alkyl halides is 3. The Morgan fingerprint density at radius 1 is 1.43 bits per heavy atom. The average Bonchev–Trinajstić information content (AvgIpc) is 2.82. The minimum absolute atomic E-state index is 0.150. The predicted octanol–water partition coefficient (Wildman–Crippen LogP) is 3.22. The summed E-state index contributed by atoms with van der Waals surface area (Å²) in [7, 11) is 0. The molecule has 8 heteroatoms. The first-order valence-electron chi connectivity index (χ1n) is 6.64. The molecule has 1 fully saturated rings. The van der Waals surface area contributed by atoms with Crippen molar-refractivity contribution < 1.29 is 23.1 Å². The van der Waals surface area contributed by atoms with Gasteiger partial charge in [-0.15, -0.1) is 11.3 Å². The Hall–Kier alpha value is -1.28. The van der Waals surface area contributed by atoms with Gasteiger partial charge in [-0.2, -0.15) is 13.2 Å². The third-order valence-corrected chi connectivity index (χ3v) is 4.50. The van der Waals surface area contributed by atoms with E-state index in [0.29, 0.717) is 0 Å². The number of aliphatic hydroxyl groups is 1. The lowest BCUT2D eigenvalue weighted by Crippen LogP contribution is -2.46. The number of urea groups is 1. The van der Waals surface area contributed by atoms with Gasteiger partial charge in [0, 0.05) is 18.0 Å². The molecular weight excluding hydrogens is 305 g/mol. The lowest BCUT2D eigenvalue weighted by atomic mass is 9.91. The van der Waals surface area contributed by atoms with E-state index in [9.17, 15) is 23.1 Å². The van der Waals surface area contributed by atoms with Gasteiger partial charge in [0.25, 0.3) is 0 Å². The molecule has 2 rings (SSSR count). The van der Waals surface area contributed by atoms with Crippen LogP contribution >= 0.6 is 11.3 Å². The molecule has 0 radical (unpaired) electrons. The van der Waals surface area contributed by atoms with Gasteiger partial charge in [0.05, 0.1) is 5.00 Å². The zero-order valence-electron chi connectivity index (χ0n) is 11.5. The second-order valence-corrected chi connectivity index (χ2v) is 6.44. The largest absolute Gasteiger partial charge is 0.414 e. The summed E-state index contributed by atoms with van der Waals surface area (Å²) in [5.41, 5.74) is 0. The topological polar surface area (TPSA) is 52.6 Å². The van der Waals surface area contributed by atoms with Crippen LogP contribution in [0.5, 0.6) is 0 Å². The summed E-state index contributed by atoms with van der Waals surface area (Å²) in [5.74, 6) is -0.835. The monoisotopic (exact) mass is 322 g/mol. The highest BCUT2D eigenvalue weighted by Gasteiger charge is 2.44. The van der Waals surface area contributed by atoms with Crippen LogP contribution in [0, 0.1) is 12.8 Å². The van der Waals surface area contributed by atoms with Crippen LogP contribution in [0.4, 0.5) is 23.0 Å². The lowest BCUT2D eigenvalue weighted by molar-refractivity contribution is -0.222. The van der Waals surface area contributed by atoms with Crippen molar-refractivity contribution in [2.45, 2.75) is 32.0 Å². The number of hydrogen-bond acceptors (Lipinski definition) is 3. The van der Waals surface area contributed by atoms with Gasteiger partial charge in [-0.1, -0.05) is 0 Å². The predicted molar refractivity (Wildman–Crippen MR) is 74.4 cm³/mol. The molecule has 1 atom stereocenters. The van der Waals surface area contributed by atoms with Crippen molar-refractivity contribution in [3.8, 4) is 0 Å². The first-order valence-corrected chi connectivity index (χ1v) is 7.46. The molecule has 0 aliphatic carbocycles. The Bertz CT molecular complexity index is 496. The number of nitrogens with one attached hydrogen (secondary N) is 1. The Labute approximate surface area is 124 Å². The van der Waals surface area contributed by atoms with E-state index in [1.54, 1.807) is 6.07 Å². The first kappa shape index (κ1) is 16.1. The van der Waals surface area contributed by atoms with E-state index < -0.39 is 18.2 Å². The number of likely N-dealkylation sites (tertiary alicyclic amines) is 1. The van der Waals surface area contributed by atoms with Gasteiger partial charge in [-0.3, -0.25) is 5.32 Å². The molecule has 0 bridgehead atoms. The number of halogens is 3. The van der Waals surface area contributed by atoms with Gasteiger partial charge >= 0.3 is 12.2 Å². The second kappa shape index (κ2) is 6.23. The van der Waals surface area contributed by atoms with E-state index in [2.05, 4.69) is 5.32 Å². The van der Waals surface area contributed by atoms with E-state index in [4.69, 9.17) is 0 Å². The highest BCUT2D eigenvalue weighted by Crippen LogP contribution is 2.31. The standard InChI is InChI=1S/C13H17F3N2O2S/c1-8-2-3-10(21-8)17-12(20)18-6-4-9(5-7-18)11(19)13(14,15)16/h2-3,9,11,19H,4-7H2,1H3,(H,17,20). The molecule has 1 aliphatic rings. The van der Waals surface area contributed by atoms with E-state index in [1.165, 1.54) is 16.2 Å². The quantitative estimate of drug-likeness (QED) is 0.878. The van der Waals surface area contributed by atoms with Gasteiger partial charge < -0.3 is 10.0 Å². The molecule has 118 valence electrons.